The lowest BCUT2D eigenvalue weighted by atomic mass is 10.1. The van der Waals surface area contributed by atoms with Crippen molar-refractivity contribution in [1.29, 1.82) is 0 Å². The highest BCUT2D eigenvalue weighted by molar-refractivity contribution is 6.32. The first-order valence-corrected chi connectivity index (χ1v) is 10.0. The normalized spacial score (nSPS) is 13.7. The van der Waals surface area contributed by atoms with Crippen LogP contribution >= 0.6 is 11.6 Å². The van der Waals surface area contributed by atoms with Gasteiger partial charge in [0.1, 0.15) is 13.2 Å². The molecule has 0 saturated heterocycles. The van der Waals surface area contributed by atoms with Crippen LogP contribution in [0.3, 0.4) is 0 Å². The number of fused-ring (bicyclic) bond motifs is 1. The summed E-state index contributed by atoms with van der Waals surface area (Å²) in [6.45, 7) is 3.26. The molecule has 2 aromatic carbocycles. The second-order valence-electron chi connectivity index (χ2n) is 6.99. The van der Waals surface area contributed by atoms with Gasteiger partial charge in [-0.3, -0.25) is 9.59 Å². The van der Waals surface area contributed by atoms with Gasteiger partial charge in [0, 0.05) is 19.2 Å². The fourth-order valence-electron chi connectivity index (χ4n) is 3.14. The highest BCUT2D eigenvalue weighted by Crippen LogP contribution is 2.38. The number of halogens is 1. The van der Waals surface area contributed by atoms with Crippen molar-refractivity contribution in [3.8, 4) is 11.5 Å². The zero-order valence-electron chi connectivity index (χ0n) is 17.0. The molecule has 7 heteroatoms. The number of esters is 1. The number of amides is 1. The summed E-state index contributed by atoms with van der Waals surface area (Å²) in [6.07, 6.45) is 3.14. The topological polar surface area (TPSA) is 65.1 Å². The third kappa shape index (κ3) is 5.54. The average molecular weight is 430 g/mol. The molecular weight excluding hydrogens is 406 g/mol. The van der Waals surface area contributed by atoms with Crippen LogP contribution in [-0.2, 0) is 20.9 Å². The van der Waals surface area contributed by atoms with E-state index in [1.165, 1.54) is 13.2 Å². The number of benzene rings is 2. The smallest absolute Gasteiger partial charge is 0.310 e. The molecule has 1 unspecified atom stereocenters. The SMILES string of the molecule is COC(=O)C(C)CN(Cc1ccccc1)C(=O)/C=C/c1cc(Cl)c2c(c1)OCCO2. The molecule has 1 amide bonds. The molecule has 2 aromatic rings. The van der Waals surface area contributed by atoms with Gasteiger partial charge in [0.15, 0.2) is 11.5 Å². The van der Waals surface area contributed by atoms with E-state index in [4.69, 9.17) is 25.8 Å². The van der Waals surface area contributed by atoms with E-state index in [9.17, 15) is 9.59 Å². The van der Waals surface area contributed by atoms with Gasteiger partial charge < -0.3 is 19.1 Å². The molecule has 0 spiro atoms. The van der Waals surface area contributed by atoms with Crippen molar-refractivity contribution in [3.63, 3.8) is 0 Å². The summed E-state index contributed by atoms with van der Waals surface area (Å²) >= 11 is 6.27. The van der Waals surface area contributed by atoms with Crippen LogP contribution in [-0.4, -0.2) is 43.6 Å². The molecule has 158 valence electrons. The number of rotatable bonds is 7. The summed E-state index contributed by atoms with van der Waals surface area (Å²) in [6, 6.07) is 13.1. The maximum atomic E-state index is 12.9. The van der Waals surface area contributed by atoms with Crippen LogP contribution in [0.5, 0.6) is 11.5 Å². The minimum absolute atomic E-state index is 0.222. The second-order valence-corrected chi connectivity index (χ2v) is 7.40. The summed E-state index contributed by atoms with van der Waals surface area (Å²) in [5, 5.41) is 0.430. The molecule has 0 bridgehead atoms. The molecule has 0 saturated carbocycles. The Kier molecular flexibility index (Phi) is 7.36. The number of hydrogen-bond acceptors (Lipinski definition) is 5. The van der Waals surface area contributed by atoms with E-state index in [1.807, 2.05) is 30.3 Å². The van der Waals surface area contributed by atoms with Crippen molar-refractivity contribution in [1.82, 2.24) is 4.90 Å². The van der Waals surface area contributed by atoms with Crippen molar-refractivity contribution < 1.29 is 23.8 Å². The van der Waals surface area contributed by atoms with Crippen LogP contribution in [0.1, 0.15) is 18.1 Å². The van der Waals surface area contributed by atoms with Crippen LogP contribution in [0.2, 0.25) is 5.02 Å². The van der Waals surface area contributed by atoms with Crippen molar-refractivity contribution in [3.05, 3.63) is 64.7 Å². The Hall–Kier alpha value is -2.99. The Morgan fingerprint density at radius 1 is 1.20 bits per heavy atom. The number of methoxy groups -OCH3 is 1. The van der Waals surface area contributed by atoms with Crippen molar-refractivity contribution in [2.75, 3.05) is 26.9 Å². The Morgan fingerprint density at radius 3 is 2.67 bits per heavy atom. The molecule has 1 aliphatic rings. The number of hydrogen-bond donors (Lipinski definition) is 0. The van der Waals surface area contributed by atoms with Gasteiger partial charge in [0.2, 0.25) is 5.91 Å². The molecule has 6 nitrogen and oxygen atoms in total. The third-order valence-electron chi connectivity index (χ3n) is 4.66. The summed E-state index contributed by atoms with van der Waals surface area (Å²) in [5.74, 6) is 0.0502. The molecule has 1 atom stereocenters. The maximum absolute atomic E-state index is 12.9. The fraction of sp³-hybridized carbons (Fsp3) is 0.304. The predicted molar refractivity (Wildman–Crippen MR) is 115 cm³/mol. The molecule has 0 aliphatic carbocycles. The monoisotopic (exact) mass is 429 g/mol. The molecule has 0 radical (unpaired) electrons. The van der Waals surface area contributed by atoms with Gasteiger partial charge in [0.05, 0.1) is 18.1 Å². The summed E-state index contributed by atoms with van der Waals surface area (Å²) < 4.78 is 15.9. The number of ether oxygens (including phenoxy) is 3. The van der Waals surface area contributed by atoms with Crippen LogP contribution in [0.15, 0.2) is 48.5 Å². The van der Waals surface area contributed by atoms with Gasteiger partial charge in [-0.25, -0.2) is 0 Å². The van der Waals surface area contributed by atoms with Gasteiger partial charge in [0.25, 0.3) is 0 Å². The van der Waals surface area contributed by atoms with E-state index < -0.39 is 5.92 Å². The summed E-state index contributed by atoms with van der Waals surface area (Å²) in [7, 11) is 1.34. The average Bonchev–Trinajstić information content (AvgIpc) is 2.77. The fourth-order valence-corrected chi connectivity index (χ4v) is 3.42. The van der Waals surface area contributed by atoms with Gasteiger partial charge in [-0.15, -0.1) is 0 Å². The molecule has 30 heavy (non-hydrogen) atoms. The first-order valence-electron chi connectivity index (χ1n) is 9.66. The Balaban J connectivity index is 1.78. The molecule has 1 heterocycles. The first kappa shape index (κ1) is 21.7. The highest BCUT2D eigenvalue weighted by atomic mass is 35.5. The zero-order chi connectivity index (χ0) is 21.5. The lowest BCUT2D eigenvalue weighted by Gasteiger charge is -2.24. The molecule has 0 aromatic heterocycles. The van der Waals surface area contributed by atoms with Crippen molar-refractivity contribution in [2.24, 2.45) is 5.92 Å². The molecular formula is C23H24ClNO5. The molecule has 0 N–H and O–H groups in total. The molecule has 1 aliphatic heterocycles. The molecule has 0 fully saturated rings. The lowest BCUT2D eigenvalue weighted by molar-refractivity contribution is -0.146. The predicted octanol–water partition coefficient (Wildman–Crippen LogP) is 3.96. The summed E-state index contributed by atoms with van der Waals surface area (Å²) in [5.41, 5.74) is 1.69. The van der Waals surface area contributed by atoms with Crippen LogP contribution in [0.4, 0.5) is 0 Å². The van der Waals surface area contributed by atoms with Crippen LogP contribution < -0.4 is 9.47 Å². The quantitative estimate of drug-likeness (QED) is 0.492. The van der Waals surface area contributed by atoms with E-state index >= 15 is 0 Å². The number of carbonyl (C=O) groups excluding carboxylic acids is 2. The maximum Gasteiger partial charge on any atom is 0.310 e. The molecule has 3 rings (SSSR count). The summed E-state index contributed by atoms with van der Waals surface area (Å²) in [4.78, 5) is 26.4. The van der Waals surface area contributed by atoms with E-state index in [0.717, 1.165) is 11.1 Å². The Bertz CT molecular complexity index is 929. The Labute approximate surface area is 181 Å². The largest absolute Gasteiger partial charge is 0.486 e. The second kappa shape index (κ2) is 10.2. The Morgan fingerprint density at radius 2 is 1.93 bits per heavy atom. The minimum Gasteiger partial charge on any atom is -0.486 e. The van der Waals surface area contributed by atoms with E-state index in [-0.39, 0.29) is 18.4 Å². The van der Waals surface area contributed by atoms with Gasteiger partial charge in [-0.1, -0.05) is 48.9 Å². The number of carbonyl (C=O) groups is 2. The van der Waals surface area contributed by atoms with Crippen LogP contribution in [0, 0.1) is 5.92 Å². The lowest BCUT2D eigenvalue weighted by Crippen LogP contribution is -2.35. The van der Waals surface area contributed by atoms with Crippen LogP contribution in [0.25, 0.3) is 6.08 Å². The van der Waals surface area contributed by atoms with Gasteiger partial charge in [-0.05, 0) is 29.3 Å². The van der Waals surface area contributed by atoms with Crippen molar-refractivity contribution in [2.45, 2.75) is 13.5 Å². The minimum atomic E-state index is -0.445. The van der Waals surface area contributed by atoms with E-state index in [1.54, 1.807) is 30.0 Å². The third-order valence-corrected chi connectivity index (χ3v) is 4.94. The zero-order valence-corrected chi connectivity index (χ0v) is 17.7. The number of nitrogens with zero attached hydrogens (tertiary/aromatic N) is 1. The highest BCUT2D eigenvalue weighted by Gasteiger charge is 2.21. The van der Waals surface area contributed by atoms with Gasteiger partial charge >= 0.3 is 5.97 Å². The van der Waals surface area contributed by atoms with E-state index in [0.29, 0.717) is 36.3 Å². The standard InChI is InChI=1S/C23H24ClNO5/c1-16(23(27)28-2)14-25(15-17-6-4-3-5-7-17)21(26)9-8-18-12-19(24)22-20(13-18)29-10-11-30-22/h3-9,12-13,16H,10-11,14-15H2,1-2H3/b9-8+. The van der Waals surface area contributed by atoms with E-state index in [2.05, 4.69) is 0 Å². The first-order chi connectivity index (χ1) is 14.5. The van der Waals surface area contributed by atoms with Crippen molar-refractivity contribution >= 4 is 29.6 Å². The van der Waals surface area contributed by atoms with Gasteiger partial charge in [-0.2, -0.15) is 0 Å².